The van der Waals surface area contributed by atoms with E-state index < -0.39 is 10.0 Å². The Morgan fingerprint density at radius 3 is 2.44 bits per heavy atom. The van der Waals surface area contributed by atoms with Crippen LogP contribution < -0.4 is 9.88 Å². The number of benzene rings is 1. The number of halogens is 2. The first-order chi connectivity index (χ1) is 8.21. The molecule has 1 aromatic rings. The lowest BCUT2D eigenvalue weighted by atomic mass is 10.3. The highest BCUT2D eigenvalue weighted by Gasteiger charge is 2.16. The van der Waals surface area contributed by atoms with E-state index >= 15 is 0 Å². The molecule has 0 aliphatic carbocycles. The first-order valence-corrected chi connectivity index (χ1v) is 7.30. The third kappa shape index (κ3) is 4.17. The normalized spacial score (nSPS) is 11.2. The lowest BCUT2D eigenvalue weighted by Gasteiger charge is -2.09. The Hall–Kier alpha value is -0.750. The molecule has 0 spiro atoms. The predicted octanol–water partition coefficient (Wildman–Crippen LogP) is 2.99. The van der Waals surface area contributed by atoms with Crippen LogP contribution in [0.5, 0.6) is 5.75 Å². The van der Waals surface area contributed by atoms with Crippen molar-refractivity contribution in [3.63, 3.8) is 0 Å². The third-order valence-electron chi connectivity index (χ3n) is 2.02. The lowest BCUT2D eigenvalue weighted by molar-refractivity contribution is 0.362. The van der Waals surface area contributed by atoms with Gasteiger partial charge in [0.05, 0.1) is 10.0 Å². The van der Waals surface area contributed by atoms with Crippen LogP contribution in [0, 0.1) is 0 Å². The standard InChI is InChI=1S/C11H13Cl2NO3S/c1-7(2)3-4-17-10-5-9(13)11(6-8(10)12)18(14,15)16/h3,5-6H,4H2,1-2H3,(H2,14,15,16). The summed E-state index contributed by atoms with van der Waals surface area (Å²) < 4.78 is 27.8. The van der Waals surface area contributed by atoms with Crippen molar-refractivity contribution in [1.82, 2.24) is 0 Å². The maximum Gasteiger partial charge on any atom is 0.239 e. The third-order valence-corrected chi connectivity index (χ3v) is 3.69. The Bertz CT molecular complexity index is 578. The van der Waals surface area contributed by atoms with Gasteiger partial charge in [0, 0.05) is 6.07 Å². The SMILES string of the molecule is CC(C)=CCOc1cc(Cl)c(S(N)(=O)=O)cc1Cl. The summed E-state index contributed by atoms with van der Waals surface area (Å²) in [4.78, 5) is -0.219. The Labute approximate surface area is 116 Å². The van der Waals surface area contributed by atoms with Crippen molar-refractivity contribution in [3.8, 4) is 5.75 Å². The zero-order chi connectivity index (χ0) is 13.9. The number of hydrogen-bond acceptors (Lipinski definition) is 3. The van der Waals surface area contributed by atoms with E-state index in [1.54, 1.807) is 0 Å². The van der Waals surface area contributed by atoms with Gasteiger partial charge in [-0.1, -0.05) is 28.8 Å². The van der Waals surface area contributed by atoms with E-state index in [1.807, 2.05) is 19.9 Å². The summed E-state index contributed by atoms with van der Waals surface area (Å²) >= 11 is 11.7. The molecule has 0 fully saturated rings. The Balaban J connectivity index is 3.05. The zero-order valence-electron chi connectivity index (χ0n) is 9.91. The van der Waals surface area contributed by atoms with Crippen LogP contribution in [0.1, 0.15) is 13.8 Å². The maximum atomic E-state index is 11.2. The molecule has 0 unspecified atom stereocenters. The average Bonchev–Trinajstić information content (AvgIpc) is 2.20. The van der Waals surface area contributed by atoms with Crippen LogP contribution in [0.15, 0.2) is 28.7 Å². The number of ether oxygens (including phenoxy) is 1. The van der Waals surface area contributed by atoms with Gasteiger partial charge in [-0.3, -0.25) is 0 Å². The molecule has 0 radical (unpaired) electrons. The molecule has 0 bridgehead atoms. The van der Waals surface area contributed by atoms with Gasteiger partial charge in [0.1, 0.15) is 17.3 Å². The fourth-order valence-electron chi connectivity index (χ4n) is 1.14. The molecule has 7 heteroatoms. The van der Waals surface area contributed by atoms with E-state index in [0.29, 0.717) is 12.4 Å². The van der Waals surface area contributed by atoms with E-state index in [9.17, 15) is 8.42 Å². The van der Waals surface area contributed by atoms with Gasteiger partial charge in [-0.2, -0.15) is 0 Å². The highest BCUT2D eigenvalue weighted by molar-refractivity contribution is 7.89. The molecule has 2 N–H and O–H groups in total. The second-order valence-electron chi connectivity index (χ2n) is 3.85. The van der Waals surface area contributed by atoms with Crippen LogP contribution >= 0.6 is 23.2 Å². The van der Waals surface area contributed by atoms with Crippen molar-refractivity contribution in [2.24, 2.45) is 5.14 Å². The maximum absolute atomic E-state index is 11.2. The molecular formula is C11H13Cl2NO3S. The van der Waals surface area contributed by atoms with E-state index in [0.717, 1.165) is 5.57 Å². The van der Waals surface area contributed by atoms with Crippen molar-refractivity contribution < 1.29 is 13.2 Å². The quantitative estimate of drug-likeness (QED) is 0.869. The fourth-order valence-corrected chi connectivity index (χ4v) is 2.51. The van der Waals surface area contributed by atoms with Crippen molar-refractivity contribution in [2.45, 2.75) is 18.7 Å². The summed E-state index contributed by atoms with van der Waals surface area (Å²) in [6.07, 6.45) is 1.86. The van der Waals surface area contributed by atoms with E-state index in [4.69, 9.17) is 33.1 Å². The van der Waals surface area contributed by atoms with Crippen LogP contribution in [0.4, 0.5) is 0 Å². The number of nitrogens with two attached hydrogens (primary N) is 1. The van der Waals surface area contributed by atoms with Gasteiger partial charge in [0.25, 0.3) is 0 Å². The van der Waals surface area contributed by atoms with Crippen molar-refractivity contribution >= 4 is 33.2 Å². The largest absolute Gasteiger partial charge is 0.488 e. The fraction of sp³-hybridized carbons (Fsp3) is 0.273. The summed E-state index contributed by atoms with van der Waals surface area (Å²) in [6, 6.07) is 2.51. The van der Waals surface area contributed by atoms with Crippen molar-refractivity contribution in [2.75, 3.05) is 6.61 Å². The highest BCUT2D eigenvalue weighted by atomic mass is 35.5. The summed E-state index contributed by atoms with van der Waals surface area (Å²) in [6.45, 7) is 4.19. The van der Waals surface area contributed by atoms with Gasteiger partial charge in [-0.05, 0) is 26.0 Å². The smallest absolute Gasteiger partial charge is 0.239 e. The van der Waals surface area contributed by atoms with Gasteiger partial charge >= 0.3 is 0 Å². The van der Waals surface area contributed by atoms with Crippen LogP contribution in [0.25, 0.3) is 0 Å². The van der Waals surface area contributed by atoms with Gasteiger partial charge in [-0.15, -0.1) is 0 Å². The molecular weight excluding hydrogens is 297 g/mol. The molecule has 0 amide bonds. The summed E-state index contributed by atoms with van der Waals surface area (Å²) in [7, 11) is -3.89. The van der Waals surface area contributed by atoms with Gasteiger partial charge in [0.15, 0.2) is 0 Å². The average molecular weight is 310 g/mol. The molecule has 0 aliphatic heterocycles. The Kier molecular flexibility index (Phi) is 5.04. The predicted molar refractivity (Wildman–Crippen MR) is 72.8 cm³/mol. The number of allylic oxidation sites excluding steroid dienone is 1. The zero-order valence-corrected chi connectivity index (χ0v) is 12.2. The summed E-state index contributed by atoms with van der Waals surface area (Å²) in [5.41, 5.74) is 1.10. The lowest BCUT2D eigenvalue weighted by Crippen LogP contribution is -2.13. The van der Waals surface area contributed by atoms with Gasteiger partial charge < -0.3 is 4.74 Å². The minimum absolute atomic E-state index is 0.0194. The minimum Gasteiger partial charge on any atom is -0.488 e. The van der Waals surface area contributed by atoms with E-state index in [1.165, 1.54) is 12.1 Å². The van der Waals surface area contributed by atoms with Crippen molar-refractivity contribution in [1.29, 1.82) is 0 Å². The first-order valence-electron chi connectivity index (χ1n) is 5.00. The molecule has 0 saturated heterocycles. The molecule has 1 aromatic carbocycles. The van der Waals surface area contributed by atoms with E-state index in [-0.39, 0.29) is 14.9 Å². The molecule has 0 atom stereocenters. The van der Waals surface area contributed by atoms with Crippen LogP contribution in [0.3, 0.4) is 0 Å². The van der Waals surface area contributed by atoms with Crippen LogP contribution in [-0.4, -0.2) is 15.0 Å². The highest BCUT2D eigenvalue weighted by Crippen LogP contribution is 2.33. The Morgan fingerprint density at radius 2 is 1.94 bits per heavy atom. The molecule has 0 heterocycles. The van der Waals surface area contributed by atoms with Crippen LogP contribution in [-0.2, 0) is 10.0 Å². The monoisotopic (exact) mass is 309 g/mol. The number of sulfonamides is 1. The molecule has 100 valence electrons. The molecule has 0 saturated carbocycles. The molecule has 4 nitrogen and oxygen atoms in total. The van der Waals surface area contributed by atoms with Gasteiger partial charge in [0.2, 0.25) is 10.0 Å². The number of hydrogen-bond donors (Lipinski definition) is 1. The number of primary sulfonamides is 1. The van der Waals surface area contributed by atoms with Gasteiger partial charge in [-0.25, -0.2) is 13.6 Å². The molecule has 0 aromatic heterocycles. The Morgan fingerprint density at radius 1 is 1.33 bits per heavy atom. The number of rotatable bonds is 4. The second kappa shape index (κ2) is 5.93. The first kappa shape index (κ1) is 15.3. The molecule has 18 heavy (non-hydrogen) atoms. The minimum atomic E-state index is -3.89. The molecule has 0 aliphatic rings. The topological polar surface area (TPSA) is 69.4 Å². The second-order valence-corrected chi connectivity index (χ2v) is 6.19. The molecule has 1 rings (SSSR count). The van der Waals surface area contributed by atoms with E-state index in [2.05, 4.69) is 0 Å². The summed E-state index contributed by atoms with van der Waals surface area (Å²) in [5.74, 6) is 0.312. The van der Waals surface area contributed by atoms with Crippen LogP contribution in [0.2, 0.25) is 10.0 Å². The van der Waals surface area contributed by atoms with Crippen molar-refractivity contribution in [3.05, 3.63) is 33.8 Å². The summed E-state index contributed by atoms with van der Waals surface area (Å²) in [5, 5.41) is 5.12.